The number of rotatable bonds is 6. The number of nitrogens with zero attached hydrogens (tertiary/aromatic N) is 3. The van der Waals surface area contributed by atoms with Gasteiger partial charge in [0.1, 0.15) is 23.3 Å². The van der Waals surface area contributed by atoms with Gasteiger partial charge in [0.05, 0.1) is 16.5 Å². The number of ether oxygens (including phenoxy) is 1. The molecule has 2 aliphatic rings. The van der Waals surface area contributed by atoms with Crippen molar-refractivity contribution in [2.24, 2.45) is 5.92 Å². The smallest absolute Gasteiger partial charge is 0.411 e. The van der Waals surface area contributed by atoms with Gasteiger partial charge in [-0.25, -0.2) is 13.2 Å². The molecule has 2 amide bonds. The molecule has 2 fully saturated rings. The van der Waals surface area contributed by atoms with E-state index < -0.39 is 33.1 Å². The summed E-state index contributed by atoms with van der Waals surface area (Å²) in [5.41, 5.74) is 0.608. The summed E-state index contributed by atoms with van der Waals surface area (Å²) < 4.78 is 29.8. The molecule has 4 rings (SSSR count). The number of sulfone groups is 1. The Bertz CT molecular complexity index is 1480. The summed E-state index contributed by atoms with van der Waals surface area (Å²) in [4.78, 5) is 27.9. The van der Waals surface area contributed by atoms with Crippen molar-refractivity contribution in [3.63, 3.8) is 0 Å². The lowest BCUT2D eigenvalue weighted by Crippen LogP contribution is -2.59. The molecule has 1 aliphatic carbocycles. The van der Waals surface area contributed by atoms with Crippen LogP contribution in [0.5, 0.6) is 0 Å². The Morgan fingerprint density at radius 1 is 1.15 bits per heavy atom. The van der Waals surface area contributed by atoms with Crippen LogP contribution in [0.2, 0.25) is 0 Å². The van der Waals surface area contributed by atoms with Gasteiger partial charge in [0.15, 0.2) is 9.84 Å². The molecular formula is C29H32N4O5S. The Balaban J connectivity index is 1.47. The monoisotopic (exact) mass is 548 g/mol. The van der Waals surface area contributed by atoms with E-state index in [1.807, 2.05) is 18.2 Å². The molecule has 10 heteroatoms. The van der Waals surface area contributed by atoms with E-state index in [-0.39, 0.29) is 28.7 Å². The minimum Gasteiger partial charge on any atom is -0.444 e. The average molecular weight is 549 g/mol. The minimum atomic E-state index is -3.58. The van der Waals surface area contributed by atoms with Gasteiger partial charge < -0.3 is 10.1 Å². The highest BCUT2D eigenvalue weighted by molar-refractivity contribution is 7.90. The number of carbonyl (C=O) groups is 2. The molecule has 2 aromatic carbocycles. The van der Waals surface area contributed by atoms with Gasteiger partial charge >= 0.3 is 6.09 Å². The second kappa shape index (κ2) is 10.3. The summed E-state index contributed by atoms with van der Waals surface area (Å²) in [5, 5.41) is 21.9. The van der Waals surface area contributed by atoms with Crippen molar-refractivity contribution in [3.8, 4) is 23.3 Å². The Morgan fingerprint density at radius 3 is 2.38 bits per heavy atom. The van der Waals surface area contributed by atoms with E-state index in [1.54, 1.807) is 39.0 Å². The summed E-state index contributed by atoms with van der Waals surface area (Å²) in [6.45, 7) is 5.83. The van der Waals surface area contributed by atoms with Crippen LogP contribution in [-0.2, 0) is 25.8 Å². The van der Waals surface area contributed by atoms with Crippen molar-refractivity contribution in [1.29, 1.82) is 10.5 Å². The van der Waals surface area contributed by atoms with E-state index in [9.17, 15) is 28.5 Å². The lowest BCUT2D eigenvalue weighted by molar-refractivity contribution is -0.132. The van der Waals surface area contributed by atoms with Gasteiger partial charge in [-0.2, -0.15) is 10.5 Å². The number of nitriles is 2. The third-order valence-electron chi connectivity index (χ3n) is 7.28. The molecule has 1 heterocycles. The van der Waals surface area contributed by atoms with Crippen molar-refractivity contribution in [1.82, 2.24) is 10.2 Å². The zero-order chi connectivity index (χ0) is 28.6. The number of piperidine rings is 1. The number of likely N-dealkylation sites (tertiary alicyclic amines) is 1. The maximum Gasteiger partial charge on any atom is 0.411 e. The topological polar surface area (TPSA) is 140 Å². The molecule has 1 N–H and O–H groups in total. The zero-order valence-corrected chi connectivity index (χ0v) is 23.3. The van der Waals surface area contributed by atoms with Crippen LogP contribution in [0.4, 0.5) is 4.79 Å². The van der Waals surface area contributed by atoms with E-state index in [0.717, 1.165) is 23.8 Å². The second-order valence-electron chi connectivity index (χ2n) is 11.4. The summed E-state index contributed by atoms with van der Waals surface area (Å²) in [6, 6.07) is 15.2. The SMILES string of the molecule is CC(C)(C)OC(=O)N1C[C@@H]2CC[C@]1(C(=O)N[C@H](C#N)Cc1ccc(-c3ccc(C#N)c(S(C)(=O)=O)c3)cc1)C2. The predicted molar refractivity (Wildman–Crippen MR) is 144 cm³/mol. The predicted octanol–water partition coefficient (Wildman–Crippen LogP) is 3.97. The second-order valence-corrected chi connectivity index (χ2v) is 13.4. The molecule has 9 nitrogen and oxygen atoms in total. The fourth-order valence-electron chi connectivity index (χ4n) is 5.45. The van der Waals surface area contributed by atoms with E-state index >= 15 is 0 Å². The maximum atomic E-state index is 13.5. The quantitative estimate of drug-likeness (QED) is 0.576. The molecule has 204 valence electrons. The molecule has 0 aromatic heterocycles. The first-order valence-electron chi connectivity index (χ1n) is 12.8. The number of hydrogen-bond acceptors (Lipinski definition) is 7. The number of nitrogens with one attached hydrogen (secondary N) is 1. The highest BCUT2D eigenvalue weighted by Gasteiger charge is 2.58. The van der Waals surface area contributed by atoms with Crippen LogP contribution in [0, 0.1) is 28.6 Å². The van der Waals surface area contributed by atoms with Crippen LogP contribution in [0.15, 0.2) is 47.4 Å². The first kappa shape index (κ1) is 28.1. The van der Waals surface area contributed by atoms with Crippen LogP contribution in [0.1, 0.15) is 51.2 Å². The van der Waals surface area contributed by atoms with E-state index in [0.29, 0.717) is 24.9 Å². The van der Waals surface area contributed by atoms with E-state index in [1.165, 1.54) is 17.0 Å². The van der Waals surface area contributed by atoms with Crippen LogP contribution >= 0.6 is 0 Å². The molecule has 3 atom stereocenters. The maximum absolute atomic E-state index is 13.5. The summed E-state index contributed by atoms with van der Waals surface area (Å²) in [6.07, 6.45) is 2.76. The number of amides is 2. The Labute approximate surface area is 229 Å². The molecule has 2 aromatic rings. The largest absolute Gasteiger partial charge is 0.444 e. The molecule has 1 aliphatic heterocycles. The van der Waals surface area contributed by atoms with Crippen molar-refractivity contribution >= 4 is 21.8 Å². The van der Waals surface area contributed by atoms with Crippen LogP contribution < -0.4 is 5.32 Å². The van der Waals surface area contributed by atoms with E-state index in [4.69, 9.17) is 4.74 Å². The number of carbonyl (C=O) groups excluding carboxylic acids is 2. The highest BCUT2D eigenvalue weighted by atomic mass is 32.2. The highest BCUT2D eigenvalue weighted by Crippen LogP contribution is 2.47. The molecule has 2 bridgehead atoms. The molecule has 0 spiro atoms. The Hall–Kier alpha value is -3.89. The van der Waals surface area contributed by atoms with Gasteiger partial charge in [-0.1, -0.05) is 30.3 Å². The third kappa shape index (κ3) is 5.91. The summed E-state index contributed by atoms with van der Waals surface area (Å²) in [7, 11) is -3.58. The molecule has 0 unspecified atom stereocenters. The fourth-order valence-corrected chi connectivity index (χ4v) is 6.30. The van der Waals surface area contributed by atoms with Gasteiger partial charge in [0.2, 0.25) is 5.91 Å². The molecular weight excluding hydrogens is 516 g/mol. The number of fused-ring (bicyclic) bond motifs is 2. The molecule has 39 heavy (non-hydrogen) atoms. The normalized spacial score (nSPS) is 21.1. The first-order chi connectivity index (χ1) is 18.3. The fraction of sp³-hybridized carbons (Fsp3) is 0.448. The first-order valence-corrected chi connectivity index (χ1v) is 14.7. The summed E-state index contributed by atoms with van der Waals surface area (Å²) in [5.74, 6) is -0.0933. The van der Waals surface area contributed by atoms with Gasteiger partial charge in [-0.3, -0.25) is 9.69 Å². The average Bonchev–Trinajstić information content (AvgIpc) is 3.47. The minimum absolute atomic E-state index is 0.0281. The number of hydrogen-bond donors (Lipinski definition) is 1. The summed E-state index contributed by atoms with van der Waals surface area (Å²) >= 11 is 0. The zero-order valence-electron chi connectivity index (χ0n) is 22.5. The standard InChI is InChI=1S/C29H32N4O5S/c1-28(2,3)38-27(35)33-18-20-11-12-29(33,15-20)26(34)32-24(17-31)13-19-5-7-21(8-6-19)22-9-10-23(16-30)25(14-22)39(4,36)37/h5-10,14,20,24H,11-13,15,18H2,1-4H3,(H,32,34)/t20-,24+,29-/m1/s1. The Kier molecular flexibility index (Phi) is 7.46. The lowest BCUT2D eigenvalue weighted by atomic mass is 9.94. The van der Waals surface area contributed by atoms with Crippen molar-refractivity contribution in [2.45, 2.75) is 68.5 Å². The molecule has 1 saturated carbocycles. The lowest BCUT2D eigenvalue weighted by Gasteiger charge is -2.38. The van der Waals surface area contributed by atoms with Gasteiger partial charge in [0, 0.05) is 19.2 Å². The third-order valence-corrected chi connectivity index (χ3v) is 8.41. The van der Waals surface area contributed by atoms with Gasteiger partial charge in [0.25, 0.3) is 0 Å². The van der Waals surface area contributed by atoms with Crippen LogP contribution in [-0.4, -0.2) is 55.3 Å². The van der Waals surface area contributed by atoms with E-state index in [2.05, 4.69) is 11.4 Å². The van der Waals surface area contributed by atoms with Gasteiger partial charge in [-0.05, 0) is 74.8 Å². The van der Waals surface area contributed by atoms with Crippen LogP contribution in [0.3, 0.4) is 0 Å². The number of benzene rings is 2. The molecule has 1 saturated heterocycles. The van der Waals surface area contributed by atoms with Crippen molar-refractivity contribution in [2.75, 3.05) is 12.8 Å². The van der Waals surface area contributed by atoms with Crippen molar-refractivity contribution in [3.05, 3.63) is 53.6 Å². The van der Waals surface area contributed by atoms with Crippen molar-refractivity contribution < 1.29 is 22.7 Å². The van der Waals surface area contributed by atoms with Gasteiger partial charge in [-0.15, -0.1) is 0 Å². The Morgan fingerprint density at radius 2 is 1.82 bits per heavy atom. The van der Waals surface area contributed by atoms with Crippen LogP contribution in [0.25, 0.3) is 11.1 Å². The molecule has 0 radical (unpaired) electrons.